The maximum atomic E-state index is 13.0. The van der Waals surface area contributed by atoms with Gasteiger partial charge in [0.05, 0.1) is 30.8 Å². The fourth-order valence-electron chi connectivity index (χ4n) is 11.8. The van der Waals surface area contributed by atoms with Crippen molar-refractivity contribution in [2.24, 2.45) is 56.7 Å². The van der Waals surface area contributed by atoms with Gasteiger partial charge in [-0.1, -0.05) is 34.3 Å². The van der Waals surface area contributed by atoms with Crippen LogP contribution in [0.4, 0.5) is 0 Å². The SMILES string of the molecule is C=C(COC(C)C)[C@@H]1CC[C@]2(C(=O)O)CC[C@]3(C)C(CC[C@@H]4[C@@]5(C)CCC(O)[C@@](C)(CO)[C@@H]5CC[C@]43C)[C@@H]12. The average molecular weight is 531 g/mol. The van der Waals surface area contributed by atoms with Crippen LogP contribution in [-0.4, -0.2) is 46.7 Å². The van der Waals surface area contributed by atoms with Crippen LogP contribution in [0.1, 0.15) is 106 Å². The molecule has 0 aromatic rings. The minimum absolute atomic E-state index is 0.0448. The molecule has 0 bridgehead atoms. The Labute approximate surface area is 230 Å². The summed E-state index contributed by atoms with van der Waals surface area (Å²) in [6.07, 6.45) is 9.23. The second-order valence-electron chi connectivity index (χ2n) is 15.5. The Bertz CT molecular complexity index is 961. The Morgan fingerprint density at radius 3 is 2.26 bits per heavy atom. The Morgan fingerprint density at radius 2 is 1.63 bits per heavy atom. The summed E-state index contributed by atoms with van der Waals surface area (Å²) in [6.45, 7) is 18.8. The summed E-state index contributed by atoms with van der Waals surface area (Å²) in [4.78, 5) is 13.0. The topological polar surface area (TPSA) is 87.0 Å². The van der Waals surface area contributed by atoms with Crippen LogP contribution in [-0.2, 0) is 9.53 Å². The fourth-order valence-corrected chi connectivity index (χ4v) is 11.8. The molecular weight excluding hydrogens is 476 g/mol. The lowest BCUT2D eigenvalue weighted by atomic mass is 9.32. The third-order valence-corrected chi connectivity index (χ3v) is 14.1. The number of aliphatic hydroxyl groups excluding tert-OH is 2. The molecule has 216 valence electrons. The summed E-state index contributed by atoms with van der Waals surface area (Å²) in [7, 11) is 0. The summed E-state index contributed by atoms with van der Waals surface area (Å²) >= 11 is 0. The second kappa shape index (κ2) is 9.31. The minimum atomic E-state index is -0.635. The van der Waals surface area contributed by atoms with E-state index in [2.05, 4.69) is 34.3 Å². The number of rotatable bonds is 6. The summed E-state index contributed by atoms with van der Waals surface area (Å²) in [5.41, 5.74) is 0.294. The maximum absolute atomic E-state index is 13.0. The number of carboxylic acid groups (broad SMARTS) is 1. The van der Waals surface area contributed by atoms with Crippen LogP contribution in [0.3, 0.4) is 0 Å². The van der Waals surface area contributed by atoms with Crippen molar-refractivity contribution in [1.29, 1.82) is 0 Å². The highest BCUT2D eigenvalue weighted by Crippen LogP contribution is 2.77. The smallest absolute Gasteiger partial charge is 0.309 e. The van der Waals surface area contributed by atoms with E-state index in [9.17, 15) is 20.1 Å². The Balaban J connectivity index is 1.52. The van der Waals surface area contributed by atoms with Gasteiger partial charge in [0.2, 0.25) is 0 Å². The van der Waals surface area contributed by atoms with E-state index >= 15 is 0 Å². The molecule has 5 aliphatic rings. The zero-order chi connectivity index (χ0) is 27.9. The first-order valence-corrected chi connectivity index (χ1v) is 15.5. The summed E-state index contributed by atoms with van der Waals surface area (Å²) in [6, 6.07) is 0. The molecule has 2 unspecified atom stereocenters. The summed E-state index contributed by atoms with van der Waals surface area (Å²) < 4.78 is 5.98. The van der Waals surface area contributed by atoms with Crippen LogP contribution in [0, 0.1) is 56.7 Å². The molecule has 0 aliphatic heterocycles. The van der Waals surface area contributed by atoms with E-state index in [1.165, 1.54) is 0 Å². The molecule has 38 heavy (non-hydrogen) atoms. The predicted octanol–water partition coefficient (Wildman–Crippen LogP) is 6.47. The van der Waals surface area contributed by atoms with E-state index in [1.54, 1.807) is 0 Å². The Hall–Kier alpha value is -0.910. The van der Waals surface area contributed by atoms with Crippen molar-refractivity contribution in [3.63, 3.8) is 0 Å². The largest absolute Gasteiger partial charge is 0.481 e. The molecule has 0 heterocycles. The Morgan fingerprint density at radius 1 is 0.921 bits per heavy atom. The van der Waals surface area contributed by atoms with Gasteiger partial charge in [-0.05, 0) is 129 Å². The molecule has 0 saturated heterocycles. The van der Waals surface area contributed by atoms with E-state index in [0.29, 0.717) is 24.4 Å². The van der Waals surface area contributed by atoms with Gasteiger partial charge in [-0.3, -0.25) is 4.79 Å². The number of carbonyl (C=O) groups is 1. The van der Waals surface area contributed by atoms with Gasteiger partial charge in [-0.2, -0.15) is 0 Å². The van der Waals surface area contributed by atoms with Crippen LogP contribution in [0.15, 0.2) is 12.2 Å². The van der Waals surface area contributed by atoms with Crippen LogP contribution >= 0.6 is 0 Å². The normalized spacial score (nSPS) is 52.0. The molecule has 0 spiro atoms. The lowest BCUT2D eigenvalue weighted by molar-refractivity contribution is -0.254. The number of carboxylic acids is 1. The molecular formula is C33H54O5. The highest BCUT2D eigenvalue weighted by Gasteiger charge is 2.72. The molecule has 0 aromatic heterocycles. The monoisotopic (exact) mass is 530 g/mol. The van der Waals surface area contributed by atoms with Gasteiger partial charge in [0.15, 0.2) is 0 Å². The van der Waals surface area contributed by atoms with Gasteiger partial charge in [0.25, 0.3) is 0 Å². The van der Waals surface area contributed by atoms with Crippen LogP contribution in [0.5, 0.6) is 0 Å². The van der Waals surface area contributed by atoms with Crippen molar-refractivity contribution in [2.45, 2.75) is 118 Å². The van der Waals surface area contributed by atoms with Crippen molar-refractivity contribution in [3.05, 3.63) is 12.2 Å². The predicted molar refractivity (Wildman–Crippen MR) is 149 cm³/mol. The van der Waals surface area contributed by atoms with Gasteiger partial charge in [-0.25, -0.2) is 0 Å². The molecule has 5 aliphatic carbocycles. The van der Waals surface area contributed by atoms with E-state index in [0.717, 1.165) is 69.8 Å². The zero-order valence-electron chi connectivity index (χ0n) is 24.9. The lowest BCUT2D eigenvalue weighted by Gasteiger charge is -2.72. The van der Waals surface area contributed by atoms with Gasteiger partial charge >= 0.3 is 5.97 Å². The van der Waals surface area contributed by atoms with Gasteiger partial charge < -0.3 is 20.1 Å². The number of aliphatic carboxylic acids is 1. The third-order valence-electron chi connectivity index (χ3n) is 14.1. The van der Waals surface area contributed by atoms with E-state index in [-0.39, 0.29) is 40.8 Å². The van der Waals surface area contributed by atoms with Crippen LogP contribution in [0.25, 0.3) is 0 Å². The molecule has 5 nitrogen and oxygen atoms in total. The van der Waals surface area contributed by atoms with Gasteiger partial charge in [0.1, 0.15) is 0 Å². The Kier molecular flexibility index (Phi) is 7.01. The fraction of sp³-hybridized carbons (Fsp3) is 0.909. The second-order valence-corrected chi connectivity index (χ2v) is 15.5. The first-order chi connectivity index (χ1) is 17.7. The highest BCUT2D eigenvalue weighted by molar-refractivity contribution is 5.76. The van der Waals surface area contributed by atoms with E-state index in [4.69, 9.17) is 4.74 Å². The number of hydrogen-bond donors (Lipinski definition) is 3. The molecule has 0 aromatic carbocycles. The maximum Gasteiger partial charge on any atom is 0.309 e. The molecule has 5 rings (SSSR count). The molecule has 0 amide bonds. The third kappa shape index (κ3) is 3.62. The van der Waals surface area contributed by atoms with E-state index < -0.39 is 22.9 Å². The van der Waals surface area contributed by atoms with E-state index in [1.807, 2.05) is 13.8 Å². The van der Waals surface area contributed by atoms with Crippen molar-refractivity contribution in [1.82, 2.24) is 0 Å². The minimum Gasteiger partial charge on any atom is -0.481 e. The van der Waals surface area contributed by atoms with Crippen LogP contribution in [0.2, 0.25) is 0 Å². The average Bonchev–Trinajstić information content (AvgIpc) is 3.26. The highest BCUT2D eigenvalue weighted by atomic mass is 16.5. The van der Waals surface area contributed by atoms with Crippen molar-refractivity contribution >= 4 is 5.97 Å². The lowest BCUT2D eigenvalue weighted by Crippen LogP contribution is -2.67. The molecule has 5 heteroatoms. The van der Waals surface area contributed by atoms with Crippen LogP contribution < -0.4 is 0 Å². The molecule has 5 saturated carbocycles. The number of hydrogen-bond acceptors (Lipinski definition) is 4. The van der Waals surface area contributed by atoms with Gasteiger partial charge in [-0.15, -0.1) is 0 Å². The molecule has 0 radical (unpaired) electrons. The summed E-state index contributed by atoms with van der Waals surface area (Å²) in [5, 5.41) is 32.2. The van der Waals surface area contributed by atoms with Crippen molar-refractivity contribution < 1.29 is 24.9 Å². The number of fused-ring (bicyclic) bond motifs is 7. The molecule has 3 N–H and O–H groups in total. The number of aliphatic hydroxyl groups is 2. The van der Waals surface area contributed by atoms with Gasteiger partial charge in [0, 0.05) is 5.41 Å². The first kappa shape index (κ1) is 28.6. The molecule has 11 atom stereocenters. The summed E-state index contributed by atoms with van der Waals surface area (Å²) in [5.74, 6) is 0.960. The van der Waals surface area contributed by atoms with Crippen molar-refractivity contribution in [3.8, 4) is 0 Å². The number of ether oxygens (including phenoxy) is 1. The standard InChI is InChI=1S/C33H54O5/c1-20(2)38-18-21(3)22-10-15-33(28(36)37)17-16-31(6)23(27(22)33)8-9-25-29(4)13-12-26(35)30(5,19-34)24(29)11-14-32(25,31)7/h20,22-27,34-35H,3,8-19H2,1-2,4-7H3,(H,36,37)/t22-,23?,24+,25+,26?,27+,29-,30-,31+,32+,33-/m0/s1. The van der Waals surface area contributed by atoms with Crippen molar-refractivity contribution in [2.75, 3.05) is 13.2 Å². The zero-order valence-corrected chi connectivity index (χ0v) is 24.9. The first-order valence-electron chi connectivity index (χ1n) is 15.5. The quantitative estimate of drug-likeness (QED) is 0.343. The molecule has 5 fully saturated rings.